The van der Waals surface area contributed by atoms with E-state index in [9.17, 15) is 9.36 Å². The number of nitrogens with zero attached hydrogens (tertiary/aromatic N) is 1. The van der Waals surface area contributed by atoms with Crippen LogP contribution in [0.15, 0.2) is 0 Å². The largest absolute Gasteiger partial charge is 0.355 e. The molecular formula is C7H16NO3PS. The molecule has 2 atom stereocenters. The maximum absolute atomic E-state index is 11.9. The molecule has 0 spiro atoms. The Hall–Kier alpha value is 0.0100. The van der Waals surface area contributed by atoms with Gasteiger partial charge in [-0.1, -0.05) is 13.8 Å². The number of hydrogen-bond acceptors (Lipinski definition) is 4. The van der Waals surface area contributed by atoms with Gasteiger partial charge in [-0.05, 0) is 17.8 Å². The quantitative estimate of drug-likeness (QED) is 0.514. The molecule has 2 unspecified atom stereocenters. The van der Waals surface area contributed by atoms with Crippen molar-refractivity contribution >= 4 is 24.5 Å². The average Bonchev–Trinajstić information content (AvgIpc) is 2.15. The van der Waals surface area contributed by atoms with E-state index in [1.165, 1.54) is 25.5 Å². The fourth-order valence-electron chi connectivity index (χ4n) is 0.606. The van der Waals surface area contributed by atoms with E-state index in [1.807, 2.05) is 13.8 Å². The molecule has 0 saturated carbocycles. The second kappa shape index (κ2) is 5.68. The first-order chi connectivity index (χ1) is 6.00. The minimum atomic E-state index is -2.98. The molecule has 0 heterocycles. The number of amides is 1. The van der Waals surface area contributed by atoms with Crippen LogP contribution in [0.1, 0.15) is 20.3 Å². The zero-order valence-electron chi connectivity index (χ0n) is 8.39. The van der Waals surface area contributed by atoms with Crippen LogP contribution in [0, 0.1) is 0 Å². The summed E-state index contributed by atoms with van der Waals surface area (Å²) in [5.41, 5.74) is 0. The van der Waals surface area contributed by atoms with Crippen LogP contribution in [0.2, 0.25) is 0 Å². The molecule has 0 aromatic carbocycles. The summed E-state index contributed by atoms with van der Waals surface area (Å²) in [6, 6.07) is 0. The summed E-state index contributed by atoms with van der Waals surface area (Å²) in [6.07, 6.45) is 1.42. The zero-order chi connectivity index (χ0) is 10.5. The van der Waals surface area contributed by atoms with Crippen molar-refractivity contribution in [2.24, 2.45) is 0 Å². The maximum atomic E-state index is 11.9. The zero-order valence-corrected chi connectivity index (χ0v) is 10.1. The lowest BCUT2D eigenvalue weighted by Gasteiger charge is -2.23. The van der Waals surface area contributed by atoms with Crippen molar-refractivity contribution in [3.63, 3.8) is 0 Å². The molecule has 1 amide bonds. The van der Waals surface area contributed by atoms with Crippen molar-refractivity contribution in [1.29, 1.82) is 0 Å². The first kappa shape index (κ1) is 13.0. The van der Waals surface area contributed by atoms with Crippen LogP contribution >= 0.6 is 18.1 Å². The van der Waals surface area contributed by atoms with Crippen molar-refractivity contribution in [1.82, 2.24) is 4.67 Å². The third kappa shape index (κ3) is 3.71. The fourth-order valence-corrected chi connectivity index (χ4v) is 4.45. The van der Waals surface area contributed by atoms with E-state index in [4.69, 9.17) is 4.52 Å². The first-order valence-electron chi connectivity index (χ1n) is 4.03. The van der Waals surface area contributed by atoms with Gasteiger partial charge in [0.25, 0.3) is 0 Å². The molecule has 4 nitrogen and oxygen atoms in total. The van der Waals surface area contributed by atoms with Gasteiger partial charge in [-0.15, -0.1) is 0 Å². The maximum Gasteiger partial charge on any atom is 0.355 e. The SMILES string of the molecule is CCC(C)SP(=O)(OC)N(C)C=O. The molecule has 0 rings (SSSR count). The smallest absolute Gasteiger partial charge is 0.309 e. The van der Waals surface area contributed by atoms with Crippen LogP contribution in [-0.4, -0.2) is 30.5 Å². The van der Waals surface area contributed by atoms with E-state index < -0.39 is 6.72 Å². The lowest BCUT2D eigenvalue weighted by Crippen LogP contribution is -2.13. The minimum Gasteiger partial charge on any atom is -0.309 e. The molecule has 0 N–H and O–H groups in total. The summed E-state index contributed by atoms with van der Waals surface area (Å²) in [5, 5.41) is 0.216. The molecule has 0 aliphatic heterocycles. The van der Waals surface area contributed by atoms with Crippen molar-refractivity contribution in [3.8, 4) is 0 Å². The van der Waals surface area contributed by atoms with Crippen LogP contribution < -0.4 is 0 Å². The monoisotopic (exact) mass is 225 g/mol. The molecule has 0 aliphatic carbocycles. The van der Waals surface area contributed by atoms with Gasteiger partial charge in [0.1, 0.15) is 0 Å². The van der Waals surface area contributed by atoms with Gasteiger partial charge < -0.3 is 4.52 Å². The highest BCUT2D eigenvalue weighted by Crippen LogP contribution is 2.62. The molecule has 0 aromatic heterocycles. The molecule has 0 saturated heterocycles. The van der Waals surface area contributed by atoms with Gasteiger partial charge in [0.15, 0.2) is 0 Å². The second-order valence-electron chi connectivity index (χ2n) is 2.65. The molecule has 13 heavy (non-hydrogen) atoms. The molecule has 0 aromatic rings. The van der Waals surface area contributed by atoms with Gasteiger partial charge in [-0.2, -0.15) is 0 Å². The van der Waals surface area contributed by atoms with E-state index in [2.05, 4.69) is 0 Å². The molecule has 78 valence electrons. The molecule has 0 bridgehead atoms. The number of rotatable bonds is 6. The third-order valence-electron chi connectivity index (χ3n) is 1.66. The van der Waals surface area contributed by atoms with Gasteiger partial charge >= 0.3 is 6.72 Å². The number of carbonyl (C=O) groups is 1. The van der Waals surface area contributed by atoms with Crippen LogP contribution in [0.25, 0.3) is 0 Å². The Morgan fingerprint density at radius 1 is 1.69 bits per heavy atom. The Morgan fingerprint density at radius 3 is 2.54 bits per heavy atom. The lowest BCUT2D eigenvalue weighted by molar-refractivity contribution is -0.113. The molecule has 0 fully saturated rings. The highest BCUT2D eigenvalue weighted by atomic mass is 32.7. The molecule has 6 heteroatoms. The second-order valence-corrected chi connectivity index (χ2v) is 7.62. The van der Waals surface area contributed by atoms with Gasteiger partial charge in [0.2, 0.25) is 6.41 Å². The van der Waals surface area contributed by atoms with Crippen LogP contribution in [0.3, 0.4) is 0 Å². The van der Waals surface area contributed by atoms with Gasteiger partial charge in [-0.25, -0.2) is 0 Å². The van der Waals surface area contributed by atoms with E-state index in [0.717, 1.165) is 11.1 Å². The van der Waals surface area contributed by atoms with Crippen molar-refractivity contribution in [2.75, 3.05) is 14.2 Å². The van der Waals surface area contributed by atoms with Gasteiger partial charge in [-0.3, -0.25) is 14.0 Å². The number of carbonyl (C=O) groups excluding carboxylic acids is 1. The molecule has 0 radical (unpaired) electrons. The number of hydrogen-bond donors (Lipinski definition) is 0. The minimum absolute atomic E-state index is 0.216. The molecule has 0 aliphatic rings. The standard InChI is InChI=1S/C7H16NO3PS/c1-5-7(2)13-12(10,11-4)8(3)6-9/h6-7H,5H2,1-4H3. The highest BCUT2D eigenvalue weighted by molar-refractivity contribution is 8.56. The summed E-state index contributed by atoms with van der Waals surface area (Å²) >= 11 is 1.21. The van der Waals surface area contributed by atoms with E-state index in [0.29, 0.717) is 6.41 Å². The summed E-state index contributed by atoms with van der Waals surface area (Å²) in [5.74, 6) is 0. The highest BCUT2D eigenvalue weighted by Gasteiger charge is 2.29. The van der Waals surface area contributed by atoms with Gasteiger partial charge in [0, 0.05) is 19.4 Å². The van der Waals surface area contributed by atoms with Crippen molar-refractivity contribution < 1.29 is 13.9 Å². The predicted octanol–water partition coefficient (Wildman–Crippen LogP) is 2.36. The lowest BCUT2D eigenvalue weighted by atomic mass is 10.4. The van der Waals surface area contributed by atoms with E-state index in [-0.39, 0.29) is 5.25 Å². The fraction of sp³-hybridized carbons (Fsp3) is 0.857. The summed E-state index contributed by atoms with van der Waals surface area (Å²) in [7, 11) is 2.82. The summed E-state index contributed by atoms with van der Waals surface area (Å²) in [4.78, 5) is 10.4. The summed E-state index contributed by atoms with van der Waals surface area (Å²) in [6.45, 7) is 0.970. The third-order valence-corrected chi connectivity index (χ3v) is 7.04. The Labute approximate surface area is 83.3 Å². The molecular weight excluding hydrogens is 209 g/mol. The van der Waals surface area contributed by atoms with E-state index in [1.54, 1.807) is 0 Å². The van der Waals surface area contributed by atoms with E-state index >= 15 is 0 Å². The Morgan fingerprint density at radius 2 is 2.23 bits per heavy atom. The Bertz CT molecular complexity index is 212. The van der Waals surface area contributed by atoms with Crippen LogP contribution in [-0.2, 0) is 13.9 Å². The topological polar surface area (TPSA) is 46.6 Å². The normalized spacial score (nSPS) is 17.5. The van der Waals surface area contributed by atoms with Gasteiger partial charge in [0.05, 0.1) is 0 Å². The van der Waals surface area contributed by atoms with Crippen LogP contribution in [0.5, 0.6) is 0 Å². The Balaban J connectivity index is 4.45. The van der Waals surface area contributed by atoms with Crippen molar-refractivity contribution in [3.05, 3.63) is 0 Å². The predicted molar refractivity (Wildman–Crippen MR) is 55.8 cm³/mol. The van der Waals surface area contributed by atoms with Crippen molar-refractivity contribution in [2.45, 2.75) is 25.5 Å². The average molecular weight is 225 g/mol. The van der Waals surface area contributed by atoms with Crippen LogP contribution in [0.4, 0.5) is 0 Å². The first-order valence-corrected chi connectivity index (χ1v) is 7.09. The Kier molecular flexibility index (Phi) is 5.68. The summed E-state index contributed by atoms with van der Waals surface area (Å²) < 4.78 is 17.9.